The fourth-order valence-electron chi connectivity index (χ4n) is 3.67. The van der Waals surface area contributed by atoms with Crippen LogP contribution in [-0.4, -0.2) is 18.5 Å². The first-order chi connectivity index (χ1) is 15.0. The topological polar surface area (TPSA) is 64.6 Å². The molecule has 0 saturated heterocycles. The van der Waals surface area contributed by atoms with Gasteiger partial charge < -0.3 is 14.8 Å². The van der Waals surface area contributed by atoms with Gasteiger partial charge in [0.15, 0.2) is 0 Å². The SMILES string of the molecule is CCOC(=O)c1c(NC(=O)c2ccc(Oc3ccc(C)cc3)cc2)sc2c1CCCC2. The van der Waals surface area contributed by atoms with E-state index in [0.29, 0.717) is 28.5 Å². The number of amides is 1. The molecule has 6 heteroatoms. The molecule has 4 rings (SSSR count). The number of esters is 1. The van der Waals surface area contributed by atoms with Crippen LogP contribution in [0, 0.1) is 6.92 Å². The lowest BCUT2D eigenvalue weighted by atomic mass is 9.95. The van der Waals surface area contributed by atoms with Crippen LogP contribution in [0.5, 0.6) is 11.5 Å². The lowest BCUT2D eigenvalue weighted by molar-refractivity contribution is 0.0526. The molecule has 0 unspecified atom stereocenters. The van der Waals surface area contributed by atoms with Gasteiger partial charge in [0, 0.05) is 10.4 Å². The summed E-state index contributed by atoms with van der Waals surface area (Å²) in [5, 5.41) is 3.52. The number of fused-ring (bicyclic) bond motifs is 1. The summed E-state index contributed by atoms with van der Waals surface area (Å²) in [6.45, 7) is 4.11. The molecule has 0 atom stereocenters. The third kappa shape index (κ3) is 4.80. The van der Waals surface area contributed by atoms with Crippen molar-refractivity contribution >= 4 is 28.2 Å². The second kappa shape index (κ2) is 9.35. The maximum absolute atomic E-state index is 12.9. The fraction of sp³-hybridized carbons (Fsp3) is 0.280. The summed E-state index contributed by atoms with van der Waals surface area (Å²) in [4.78, 5) is 26.6. The number of hydrogen-bond acceptors (Lipinski definition) is 5. The van der Waals surface area contributed by atoms with Crippen LogP contribution in [0.15, 0.2) is 48.5 Å². The van der Waals surface area contributed by atoms with E-state index < -0.39 is 0 Å². The standard InChI is InChI=1S/C25H25NO4S/c1-3-29-25(28)22-20-6-4-5-7-21(20)31-24(22)26-23(27)17-10-14-19(15-11-17)30-18-12-8-16(2)9-13-18/h8-15H,3-7H2,1-2H3,(H,26,27). The van der Waals surface area contributed by atoms with Gasteiger partial charge in [0.1, 0.15) is 16.5 Å². The number of nitrogens with one attached hydrogen (secondary N) is 1. The molecular weight excluding hydrogens is 410 g/mol. The lowest BCUT2D eigenvalue weighted by Gasteiger charge is -2.12. The first-order valence-corrected chi connectivity index (χ1v) is 11.3. The molecule has 1 amide bonds. The van der Waals surface area contributed by atoms with Crippen molar-refractivity contribution in [1.29, 1.82) is 0 Å². The highest BCUT2D eigenvalue weighted by Gasteiger charge is 2.27. The zero-order valence-electron chi connectivity index (χ0n) is 17.7. The van der Waals surface area contributed by atoms with Crippen LogP contribution in [0.1, 0.15) is 56.5 Å². The minimum Gasteiger partial charge on any atom is -0.462 e. The van der Waals surface area contributed by atoms with E-state index >= 15 is 0 Å². The van der Waals surface area contributed by atoms with E-state index in [0.717, 1.165) is 42.6 Å². The zero-order chi connectivity index (χ0) is 21.8. The Morgan fingerprint density at radius 3 is 2.29 bits per heavy atom. The normalized spacial score (nSPS) is 12.7. The quantitative estimate of drug-likeness (QED) is 0.471. The molecule has 1 aliphatic carbocycles. The van der Waals surface area contributed by atoms with E-state index in [1.807, 2.05) is 31.2 Å². The van der Waals surface area contributed by atoms with Gasteiger partial charge in [-0.25, -0.2) is 4.79 Å². The van der Waals surface area contributed by atoms with Crippen molar-refractivity contribution in [1.82, 2.24) is 0 Å². The van der Waals surface area contributed by atoms with Gasteiger partial charge in [0.25, 0.3) is 5.91 Å². The van der Waals surface area contributed by atoms with Crippen molar-refractivity contribution in [2.75, 3.05) is 11.9 Å². The Kier molecular flexibility index (Phi) is 6.37. The summed E-state index contributed by atoms with van der Waals surface area (Å²) in [7, 11) is 0. The van der Waals surface area contributed by atoms with Crippen LogP contribution in [0.4, 0.5) is 5.00 Å². The maximum atomic E-state index is 12.9. The molecular formula is C25H25NO4S. The molecule has 1 N–H and O–H groups in total. The van der Waals surface area contributed by atoms with Gasteiger partial charge in [-0.1, -0.05) is 17.7 Å². The number of hydrogen-bond donors (Lipinski definition) is 1. The van der Waals surface area contributed by atoms with Gasteiger partial charge in [-0.2, -0.15) is 0 Å². The van der Waals surface area contributed by atoms with Crippen LogP contribution in [-0.2, 0) is 17.6 Å². The molecule has 160 valence electrons. The monoisotopic (exact) mass is 435 g/mol. The van der Waals surface area contributed by atoms with Gasteiger partial charge >= 0.3 is 5.97 Å². The van der Waals surface area contributed by atoms with Crippen LogP contribution in [0.25, 0.3) is 0 Å². The van der Waals surface area contributed by atoms with Crippen molar-refractivity contribution in [3.8, 4) is 11.5 Å². The van der Waals surface area contributed by atoms with E-state index in [-0.39, 0.29) is 11.9 Å². The largest absolute Gasteiger partial charge is 0.462 e. The van der Waals surface area contributed by atoms with Crippen molar-refractivity contribution in [2.45, 2.75) is 39.5 Å². The van der Waals surface area contributed by atoms with E-state index in [1.54, 1.807) is 31.2 Å². The summed E-state index contributed by atoms with van der Waals surface area (Å²) in [6, 6.07) is 14.8. The number of thiophene rings is 1. The number of rotatable bonds is 6. The number of anilines is 1. The maximum Gasteiger partial charge on any atom is 0.341 e. The Labute approximate surface area is 186 Å². The molecule has 0 fully saturated rings. The van der Waals surface area contributed by atoms with E-state index in [4.69, 9.17) is 9.47 Å². The first-order valence-electron chi connectivity index (χ1n) is 10.5. The van der Waals surface area contributed by atoms with Gasteiger partial charge in [-0.15, -0.1) is 11.3 Å². The van der Waals surface area contributed by atoms with Crippen LogP contribution in [0.2, 0.25) is 0 Å². The number of aryl methyl sites for hydroxylation is 2. The summed E-state index contributed by atoms with van der Waals surface area (Å²) in [5.41, 5.74) is 3.22. The zero-order valence-corrected chi connectivity index (χ0v) is 18.5. The predicted molar refractivity (Wildman–Crippen MR) is 123 cm³/mol. The van der Waals surface area contributed by atoms with Crippen molar-refractivity contribution in [3.63, 3.8) is 0 Å². The second-order valence-electron chi connectivity index (χ2n) is 7.53. The molecule has 2 aromatic carbocycles. The molecule has 5 nitrogen and oxygen atoms in total. The lowest BCUT2D eigenvalue weighted by Crippen LogP contribution is -2.15. The van der Waals surface area contributed by atoms with E-state index in [2.05, 4.69) is 5.32 Å². The highest BCUT2D eigenvalue weighted by molar-refractivity contribution is 7.17. The average molecular weight is 436 g/mol. The fourth-order valence-corrected chi connectivity index (χ4v) is 4.94. The van der Waals surface area contributed by atoms with Crippen molar-refractivity contribution in [2.24, 2.45) is 0 Å². The van der Waals surface area contributed by atoms with Crippen LogP contribution >= 0.6 is 11.3 Å². The number of carbonyl (C=O) groups is 2. The number of ether oxygens (including phenoxy) is 2. The molecule has 1 aromatic heterocycles. The molecule has 31 heavy (non-hydrogen) atoms. The van der Waals surface area contributed by atoms with Gasteiger partial charge in [0.2, 0.25) is 0 Å². The Morgan fingerprint density at radius 1 is 0.968 bits per heavy atom. The first kappa shape index (κ1) is 21.1. The molecule has 0 saturated carbocycles. The van der Waals surface area contributed by atoms with Crippen LogP contribution < -0.4 is 10.1 Å². The Balaban J connectivity index is 1.51. The second-order valence-corrected chi connectivity index (χ2v) is 8.63. The summed E-state index contributed by atoms with van der Waals surface area (Å²) in [5.74, 6) is 0.773. The molecule has 0 bridgehead atoms. The Bertz CT molecular complexity index is 1080. The van der Waals surface area contributed by atoms with Gasteiger partial charge in [-0.05, 0) is 81.5 Å². The summed E-state index contributed by atoms with van der Waals surface area (Å²) in [6.07, 6.45) is 3.94. The Morgan fingerprint density at radius 2 is 1.61 bits per heavy atom. The highest BCUT2D eigenvalue weighted by Crippen LogP contribution is 2.39. The molecule has 0 spiro atoms. The van der Waals surface area contributed by atoms with Crippen molar-refractivity contribution < 1.29 is 19.1 Å². The third-order valence-electron chi connectivity index (χ3n) is 5.25. The third-order valence-corrected chi connectivity index (χ3v) is 6.46. The minimum absolute atomic E-state index is 0.258. The molecule has 0 radical (unpaired) electrons. The minimum atomic E-state index is -0.362. The summed E-state index contributed by atoms with van der Waals surface area (Å²) < 4.78 is 11.1. The highest BCUT2D eigenvalue weighted by atomic mass is 32.1. The smallest absolute Gasteiger partial charge is 0.341 e. The molecule has 1 heterocycles. The van der Waals surface area contributed by atoms with E-state index in [9.17, 15) is 9.59 Å². The molecule has 1 aliphatic rings. The van der Waals surface area contributed by atoms with Gasteiger partial charge in [0.05, 0.1) is 12.2 Å². The number of benzene rings is 2. The Hall–Kier alpha value is -3.12. The molecule has 3 aromatic rings. The average Bonchev–Trinajstić information content (AvgIpc) is 3.14. The van der Waals surface area contributed by atoms with Crippen molar-refractivity contribution in [3.05, 3.63) is 75.7 Å². The van der Waals surface area contributed by atoms with Gasteiger partial charge in [-0.3, -0.25) is 4.79 Å². The number of carbonyl (C=O) groups excluding carboxylic acids is 2. The molecule has 0 aliphatic heterocycles. The summed E-state index contributed by atoms with van der Waals surface area (Å²) >= 11 is 1.49. The van der Waals surface area contributed by atoms with E-state index in [1.165, 1.54) is 16.2 Å². The van der Waals surface area contributed by atoms with Crippen LogP contribution in [0.3, 0.4) is 0 Å². The predicted octanol–water partition coefficient (Wildman–Crippen LogP) is 6.16.